The summed E-state index contributed by atoms with van der Waals surface area (Å²) in [5.41, 5.74) is 6.30. The number of alkyl halides is 2. The van der Waals surface area contributed by atoms with Gasteiger partial charge < -0.3 is 16.4 Å². The van der Waals surface area contributed by atoms with Gasteiger partial charge in [0.2, 0.25) is 17.6 Å². The number of benzene rings is 1. The van der Waals surface area contributed by atoms with Crippen molar-refractivity contribution in [3.8, 4) is 0 Å². The van der Waals surface area contributed by atoms with E-state index >= 15 is 0 Å². The minimum absolute atomic E-state index is 0.0227. The van der Waals surface area contributed by atoms with Crippen molar-refractivity contribution in [1.82, 2.24) is 10.6 Å². The van der Waals surface area contributed by atoms with Crippen LogP contribution in [0.5, 0.6) is 0 Å². The summed E-state index contributed by atoms with van der Waals surface area (Å²) in [5, 5.41) is 4.48. The highest BCUT2D eigenvalue weighted by atomic mass is 19.3. The molecule has 0 aliphatic carbocycles. The fraction of sp³-hybridized carbons (Fsp3) is 0.526. The average molecular weight is 383 g/mol. The second kappa shape index (κ2) is 10.1. The maximum absolute atomic E-state index is 14.2. The number of carbonyl (C=O) groups excluding carboxylic acids is 3. The van der Waals surface area contributed by atoms with Gasteiger partial charge in [0, 0.05) is 6.92 Å². The molecule has 1 unspecified atom stereocenters. The second-order valence-electron chi connectivity index (χ2n) is 6.97. The van der Waals surface area contributed by atoms with Crippen LogP contribution in [0.15, 0.2) is 30.3 Å². The molecule has 0 bridgehead atoms. The summed E-state index contributed by atoms with van der Waals surface area (Å²) in [5.74, 6) is -6.38. The van der Waals surface area contributed by atoms with Crippen LogP contribution >= 0.6 is 0 Å². The van der Waals surface area contributed by atoms with Gasteiger partial charge in [-0.05, 0) is 24.3 Å². The summed E-state index contributed by atoms with van der Waals surface area (Å²) in [6.07, 6.45) is 0.267. The highest BCUT2D eigenvalue weighted by molar-refractivity contribution is 5.92. The summed E-state index contributed by atoms with van der Waals surface area (Å²) in [6.45, 7) is 3.74. The molecule has 0 saturated heterocycles. The number of carbonyl (C=O) groups is 3. The molecule has 2 atom stereocenters. The number of nitrogens with one attached hydrogen (secondary N) is 2. The molecule has 0 radical (unpaired) electrons. The van der Waals surface area contributed by atoms with Crippen molar-refractivity contribution in [3.63, 3.8) is 0 Å². The fourth-order valence-corrected chi connectivity index (χ4v) is 2.59. The number of Topliss-reactive ketones (excluding diaryl/α,β-unsaturated/α-hetero) is 1. The number of hydrogen-bond donors (Lipinski definition) is 3. The molecule has 1 rings (SSSR count). The molecule has 0 fully saturated rings. The molecule has 0 spiro atoms. The van der Waals surface area contributed by atoms with Crippen molar-refractivity contribution in [2.45, 2.75) is 51.6 Å². The molecule has 1 aromatic rings. The van der Waals surface area contributed by atoms with E-state index in [0.717, 1.165) is 0 Å². The van der Waals surface area contributed by atoms with Crippen molar-refractivity contribution in [2.75, 3.05) is 6.54 Å². The van der Waals surface area contributed by atoms with E-state index in [1.54, 1.807) is 30.3 Å². The number of amides is 2. The summed E-state index contributed by atoms with van der Waals surface area (Å²) in [4.78, 5) is 35.4. The summed E-state index contributed by atoms with van der Waals surface area (Å²) < 4.78 is 28.4. The molecular formula is C19H27F2N3O3. The topological polar surface area (TPSA) is 101 Å². The zero-order valence-corrected chi connectivity index (χ0v) is 15.8. The number of rotatable bonds is 10. The minimum Gasteiger partial charge on any atom is -0.348 e. The molecule has 0 saturated carbocycles. The maximum atomic E-state index is 14.2. The standard InChI is InChI=1S/C19H27F2N3O3/c1-12(2)9-16(24-13(3)25)18(27)23-11-19(20,21)17(26)15(22)10-14-7-5-4-6-8-14/h4-8,12,15-16H,9-11,22H2,1-3H3,(H,23,27)(H,24,25)/t15?,16-/m0/s1. The van der Waals surface area contributed by atoms with E-state index in [2.05, 4.69) is 10.6 Å². The Morgan fingerprint density at radius 1 is 1.15 bits per heavy atom. The number of hydrogen-bond acceptors (Lipinski definition) is 4. The summed E-state index contributed by atoms with van der Waals surface area (Å²) in [6, 6.07) is 6.27. The third-order valence-corrected chi connectivity index (χ3v) is 3.88. The molecule has 1 aromatic carbocycles. The van der Waals surface area contributed by atoms with Crippen LogP contribution in [0.2, 0.25) is 0 Å². The van der Waals surface area contributed by atoms with Gasteiger partial charge in [0.05, 0.1) is 12.6 Å². The lowest BCUT2D eigenvalue weighted by Crippen LogP contribution is -2.53. The average Bonchev–Trinajstić information content (AvgIpc) is 2.58. The van der Waals surface area contributed by atoms with Crippen molar-refractivity contribution in [3.05, 3.63) is 35.9 Å². The monoisotopic (exact) mass is 383 g/mol. The fourth-order valence-electron chi connectivity index (χ4n) is 2.59. The first-order valence-corrected chi connectivity index (χ1v) is 8.79. The van der Waals surface area contributed by atoms with Gasteiger partial charge in [-0.15, -0.1) is 0 Å². The molecule has 0 heterocycles. The number of halogens is 2. The summed E-state index contributed by atoms with van der Waals surface area (Å²) >= 11 is 0. The molecule has 2 amide bonds. The van der Waals surface area contributed by atoms with Crippen LogP contribution in [0.25, 0.3) is 0 Å². The molecule has 150 valence electrons. The van der Waals surface area contributed by atoms with E-state index in [1.165, 1.54) is 6.92 Å². The Hall–Kier alpha value is -2.35. The minimum atomic E-state index is -3.80. The van der Waals surface area contributed by atoms with Gasteiger partial charge in [-0.1, -0.05) is 44.2 Å². The SMILES string of the molecule is CC(=O)N[C@@H](CC(C)C)C(=O)NCC(F)(F)C(=O)C(N)Cc1ccccc1. The van der Waals surface area contributed by atoms with Crippen molar-refractivity contribution in [1.29, 1.82) is 0 Å². The highest BCUT2D eigenvalue weighted by Gasteiger charge is 2.42. The van der Waals surface area contributed by atoms with E-state index < -0.39 is 42.1 Å². The quantitative estimate of drug-likeness (QED) is 0.569. The lowest BCUT2D eigenvalue weighted by molar-refractivity contribution is -0.145. The molecule has 4 N–H and O–H groups in total. The first-order chi connectivity index (χ1) is 12.5. The third kappa shape index (κ3) is 7.82. The van der Waals surface area contributed by atoms with Gasteiger partial charge >= 0.3 is 5.92 Å². The second-order valence-corrected chi connectivity index (χ2v) is 6.97. The van der Waals surface area contributed by atoms with Crippen molar-refractivity contribution < 1.29 is 23.2 Å². The van der Waals surface area contributed by atoms with Crippen LogP contribution in [0.1, 0.15) is 32.8 Å². The predicted molar refractivity (Wildman–Crippen MR) is 98.1 cm³/mol. The van der Waals surface area contributed by atoms with Gasteiger partial charge in [-0.2, -0.15) is 8.78 Å². The predicted octanol–water partition coefficient (Wildman–Crippen LogP) is 1.43. The van der Waals surface area contributed by atoms with Crippen LogP contribution in [0, 0.1) is 5.92 Å². The van der Waals surface area contributed by atoms with E-state index in [9.17, 15) is 23.2 Å². The van der Waals surface area contributed by atoms with E-state index in [1.807, 2.05) is 13.8 Å². The van der Waals surface area contributed by atoms with Crippen LogP contribution < -0.4 is 16.4 Å². The Balaban J connectivity index is 2.67. The van der Waals surface area contributed by atoms with Crippen molar-refractivity contribution >= 4 is 17.6 Å². The van der Waals surface area contributed by atoms with E-state index in [-0.39, 0.29) is 12.3 Å². The lowest BCUT2D eigenvalue weighted by atomic mass is 9.99. The first kappa shape index (κ1) is 22.7. The Morgan fingerprint density at radius 3 is 2.26 bits per heavy atom. The molecule has 0 aliphatic rings. The first-order valence-electron chi connectivity index (χ1n) is 8.79. The maximum Gasteiger partial charge on any atom is 0.323 e. The Bertz CT molecular complexity index is 651. The van der Waals surface area contributed by atoms with Gasteiger partial charge in [-0.3, -0.25) is 14.4 Å². The molecular weight excluding hydrogens is 356 g/mol. The Labute approximate surface area is 157 Å². The third-order valence-electron chi connectivity index (χ3n) is 3.88. The van der Waals surface area contributed by atoms with Gasteiger partial charge in [0.25, 0.3) is 0 Å². The van der Waals surface area contributed by atoms with Gasteiger partial charge in [-0.25, -0.2) is 0 Å². The summed E-state index contributed by atoms with van der Waals surface area (Å²) in [7, 11) is 0. The van der Waals surface area contributed by atoms with Crippen LogP contribution in [0.3, 0.4) is 0 Å². The largest absolute Gasteiger partial charge is 0.348 e. The van der Waals surface area contributed by atoms with Gasteiger partial charge in [0.1, 0.15) is 6.04 Å². The van der Waals surface area contributed by atoms with Crippen molar-refractivity contribution in [2.24, 2.45) is 11.7 Å². The van der Waals surface area contributed by atoms with Crippen LogP contribution in [0.4, 0.5) is 8.78 Å². The zero-order chi connectivity index (χ0) is 20.6. The van der Waals surface area contributed by atoms with E-state index in [0.29, 0.717) is 12.0 Å². The number of nitrogens with two attached hydrogens (primary N) is 1. The molecule has 27 heavy (non-hydrogen) atoms. The lowest BCUT2D eigenvalue weighted by Gasteiger charge is -2.23. The van der Waals surface area contributed by atoms with Crippen LogP contribution in [-0.2, 0) is 20.8 Å². The molecule has 0 aliphatic heterocycles. The van der Waals surface area contributed by atoms with E-state index in [4.69, 9.17) is 5.73 Å². The molecule has 0 aromatic heterocycles. The normalized spacial score (nSPS) is 13.7. The highest BCUT2D eigenvalue weighted by Crippen LogP contribution is 2.17. The Kier molecular flexibility index (Phi) is 8.49. The van der Waals surface area contributed by atoms with Gasteiger partial charge in [0.15, 0.2) is 0 Å². The Morgan fingerprint density at radius 2 is 1.74 bits per heavy atom. The molecule has 8 heteroatoms. The zero-order valence-electron chi connectivity index (χ0n) is 15.8. The smallest absolute Gasteiger partial charge is 0.323 e. The van der Waals surface area contributed by atoms with Crippen LogP contribution in [-0.4, -0.2) is 42.1 Å². The molecule has 6 nitrogen and oxygen atoms in total. The number of ketones is 1.